The minimum atomic E-state index is -0.843. The van der Waals surface area contributed by atoms with Crippen molar-refractivity contribution in [3.05, 3.63) is 52.3 Å². The molecule has 1 heterocycles. The van der Waals surface area contributed by atoms with E-state index >= 15 is 0 Å². The van der Waals surface area contributed by atoms with Crippen molar-refractivity contribution >= 4 is 23.5 Å². The third-order valence-corrected chi connectivity index (χ3v) is 3.82. The van der Waals surface area contributed by atoms with E-state index in [-0.39, 0.29) is 23.9 Å². The van der Waals surface area contributed by atoms with Crippen LogP contribution in [-0.2, 0) is 14.3 Å². The second kappa shape index (κ2) is 9.21. The van der Waals surface area contributed by atoms with Gasteiger partial charge in [-0.15, -0.1) is 0 Å². The van der Waals surface area contributed by atoms with E-state index in [4.69, 9.17) is 9.15 Å². The molecular weight excluding hydrogens is 394 g/mol. The highest BCUT2D eigenvalue weighted by Gasteiger charge is 2.20. The van der Waals surface area contributed by atoms with Crippen LogP contribution in [0.1, 0.15) is 31.3 Å². The molecule has 10 nitrogen and oxygen atoms in total. The van der Waals surface area contributed by atoms with Gasteiger partial charge in [0, 0.05) is 30.3 Å². The Morgan fingerprint density at radius 1 is 1.13 bits per heavy atom. The van der Waals surface area contributed by atoms with E-state index in [0.717, 1.165) is 4.90 Å². The smallest absolute Gasteiger partial charge is 0.374 e. The van der Waals surface area contributed by atoms with Gasteiger partial charge in [-0.1, -0.05) is 0 Å². The molecule has 0 spiro atoms. The average molecular weight is 417 g/mol. The van der Waals surface area contributed by atoms with Crippen LogP contribution in [0.4, 0.5) is 5.69 Å². The third kappa shape index (κ3) is 6.43. The first-order valence-electron chi connectivity index (χ1n) is 9.03. The number of rotatable bonds is 7. The zero-order valence-electron chi connectivity index (χ0n) is 17.1. The van der Waals surface area contributed by atoms with Crippen LogP contribution in [0, 0.1) is 10.1 Å². The number of hydrogen-bond acceptors (Lipinski definition) is 7. The molecule has 30 heavy (non-hydrogen) atoms. The Kier molecular flexibility index (Phi) is 6.93. The lowest BCUT2D eigenvalue weighted by Gasteiger charge is -2.23. The quantitative estimate of drug-likeness (QED) is 0.415. The Balaban J connectivity index is 1.90. The van der Waals surface area contributed by atoms with Crippen molar-refractivity contribution in [2.24, 2.45) is 0 Å². The van der Waals surface area contributed by atoms with E-state index < -0.39 is 28.9 Å². The predicted octanol–water partition coefficient (Wildman–Crippen LogP) is 2.38. The summed E-state index contributed by atoms with van der Waals surface area (Å²) < 4.78 is 10.4. The molecule has 0 saturated heterocycles. The summed E-state index contributed by atoms with van der Waals surface area (Å²) in [7, 11) is 1.43. The molecule has 0 atom stereocenters. The van der Waals surface area contributed by atoms with Crippen LogP contribution < -0.4 is 5.32 Å². The molecule has 0 fully saturated rings. The van der Waals surface area contributed by atoms with Crippen LogP contribution in [-0.4, -0.2) is 53.3 Å². The maximum atomic E-state index is 12.1. The predicted molar refractivity (Wildman–Crippen MR) is 107 cm³/mol. The normalized spacial score (nSPS) is 10.9. The molecule has 0 aliphatic heterocycles. The zero-order chi connectivity index (χ0) is 22.5. The molecule has 1 aromatic heterocycles. The average Bonchev–Trinajstić information content (AvgIpc) is 3.14. The highest BCUT2D eigenvalue weighted by atomic mass is 16.6. The number of esters is 1. The van der Waals surface area contributed by atoms with E-state index in [2.05, 4.69) is 5.32 Å². The highest BCUT2D eigenvalue weighted by molar-refractivity contribution is 5.90. The number of benzene rings is 1. The minimum absolute atomic E-state index is 0.0660. The summed E-state index contributed by atoms with van der Waals surface area (Å²) >= 11 is 0. The zero-order valence-corrected chi connectivity index (χ0v) is 17.1. The van der Waals surface area contributed by atoms with Crippen molar-refractivity contribution in [3.63, 3.8) is 0 Å². The third-order valence-electron chi connectivity index (χ3n) is 3.82. The molecular formula is C20H23N3O7. The maximum absolute atomic E-state index is 12.1. The van der Waals surface area contributed by atoms with Gasteiger partial charge < -0.3 is 19.4 Å². The van der Waals surface area contributed by atoms with E-state index in [1.807, 2.05) is 20.8 Å². The fraction of sp³-hybridized carbons (Fsp3) is 0.350. The van der Waals surface area contributed by atoms with E-state index in [0.29, 0.717) is 11.3 Å². The van der Waals surface area contributed by atoms with Crippen LogP contribution >= 0.6 is 0 Å². The largest absolute Gasteiger partial charge is 0.450 e. The van der Waals surface area contributed by atoms with Crippen molar-refractivity contribution in [1.82, 2.24) is 10.2 Å². The Labute approximate surface area is 172 Å². The Morgan fingerprint density at radius 3 is 2.33 bits per heavy atom. The number of nitrogens with one attached hydrogen (secondary N) is 1. The molecule has 2 rings (SSSR count). The van der Waals surface area contributed by atoms with Gasteiger partial charge in [0.15, 0.2) is 6.61 Å². The summed E-state index contributed by atoms with van der Waals surface area (Å²) in [6.45, 7) is 4.75. The molecule has 10 heteroatoms. The van der Waals surface area contributed by atoms with Crippen LogP contribution in [0.15, 0.2) is 40.8 Å². The number of carbonyl (C=O) groups is 3. The molecule has 0 bridgehead atoms. The summed E-state index contributed by atoms with van der Waals surface area (Å²) in [5.41, 5.74) is 0.0535. The lowest BCUT2D eigenvalue weighted by atomic mass is 10.1. The van der Waals surface area contributed by atoms with Gasteiger partial charge in [0.05, 0.1) is 11.5 Å². The van der Waals surface area contributed by atoms with Gasteiger partial charge in [0.25, 0.3) is 11.6 Å². The lowest BCUT2D eigenvalue weighted by molar-refractivity contribution is -0.384. The fourth-order valence-electron chi connectivity index (χ4n) is 2.42. The van der Waals surface area contributed by atoms with E-state index in [1.165, 1.54) is 43.4 Å². The summed E-state index contributed by atoms with van der Waals surface area (Å²) in [6.07, 6.45) is 0. The van der Waals surface area contributed by atoms with Crippen molar-refractivity contribution in [2.45, 2.75) is 26.3 Å². The van der Waals surface area contributed by atoms with Crippen molar-refractivity contribution in [3.8, 4) is 11.3 Å². The van der Waals surface area contributed by atoms with Crippen LogP contribution in [0.2, 0.25) is 0 Å². The molecule has 2 aromatic rings. The first-order valence-corrected chi connectivity index (χ1v) is 9.03. The first kappa shape index (κ1) is 22.6. The molecule has 1 aromatic carbocycles. The minimum Gasteiger partial charge on any atom is -0.450 e. The summed E-state index contributed by atoms with van der Waals surface area (Å²) in [5.74, 6) is -1.52. The second-order valence-corrected chi connectivity index (χ2v) is 7.59. The van der Waals surface area contributed by atoms with Gasteiger partial charge in [-0.25, -0.2) is 4.79 Å². The van der Waals surface area contributed by atoms with Crippen molar-refractivity contribution in [1.29, 1.82) is 0 Å². The molecule has 160 valence electrons. The van der Waals surface area contributed by atoms with Gasteiger partial charge in [0.2, 0.25) is 11.7 Å². The van der Waals surface area contributed by atoms with Crippen LogP contribution in [0.3, 0.4) is 0 Å². The number of nitrogens with zero attached hydrogens (tertiary/aromatic N) is 2. The van der Waals surface area contributed by atoms with Gasteiger partial charge >= 0.3 is 5.97 Å². The van der Waals surface area contributed by atoms with E-state index in [1.54, 1.807) is 0 Å². The van der Waals surface area contributed by atoms with Gasteiger partial charge in [-0.05, 0) is 45.0 Å². The number of nitro benzene ring substituents is 1. The monoisotopic (exact) mass is 417 g/mol. The maximum Gasteiger partial charge on any atom is 0.374 e. The number of likely N-dealkylation sites (N-methyl/N-ethyl adjacent to an activating group) is 1. The van der Waals surface area contributed by atoms with Crippen LogP contribution in [0.5, 0.6) is 0 Å². The molecule has 0 aliphatic carbocycles. The topological polar surface area (TPSA) is 132 Å². The number of nitro groups is 1. The molecule has 2 amide bonds. The highest BCUT2D eigenvalue weighted by Crippen LogP contribution is 2.24. The van der Waals surface area contributed by atoms with Gasteiger partial charge in [0.1, 0.15) is 5.76 Å². The van der Waals surface area contributed by atoms with Crippen molar-refractivity contribution < 1.29 is 28.5 Å². The summed E-state index contributed by atoms with van der Waals surface area (Å²) in [6, 6.07) is 8.52. The van der Waals surface area contributed by atoms with Gasteiger partial charge in [-0.2, -0.15) is 0 Å². The number of amides is 2. The SMILES string of the molecule is CN(CC(=O)NC(C)(C)C)C(=O)COC(=O)c1ccc(-c2ccc([N+](=O)[O-])cc2)o1. The number of hydrogen-bond donors (Lipinski definition) is 1. The lowest BCUT2D eigenvalue weighted by Crippen LogP contribution is -2.46. The second-order valence-electron chi connectivity index (χ2n) is 7.59. The van der Waals surface area contributed by atoms with Gasteiger partial charge in [-0.3, -0.25) is 19.7 Å². The Hall–Kier alpha value is -3.69. The molecule has 0 radical (unpaired) electrons. The molecule has 1 N–H and O–H groups in total. The number of furan rings is 1. The first-order chi connectivity index (χ1) is 14.0. The number of carbonyl (C=O) groups excluding carboxylic acids is 3. The molecule has 0 saturated carbocycles. The number of ether oxygens (including phenoxy) is 1. The molecule has 0 aliphatic rings. The summed E-state index contributed by atoms with van der Waals surface area (Å²) in [5, 5.41) is 13.4. The standard InChI is InChI=1S/C20H23N3O7/c1-20(2,3)21-17(24)11-22(4)18(25)12-29-19(26)16-10-9-15(30-16)13-5-7-14(8-6-13)23(27)28/h5-10H,11-12H2,1-4H3,(H,21,24). The fourth-order valence-corrected chi connectivity index (χ4v) is 2.42. The number of non-ortho nitro benzene ring substituents is 1. The van der Waals surface area contributed by atoms with E-state index in [9.17, 15) is 24.5 Å². The molecule has 0 unspecified atom stereocenters. The Bertz CT molecular complexity index is 942. The Morgan fingerprint density at radius 2 is 1.77 bits per heavy atom. The summed E-state index contributed by atoms with van der Waals surface area (Å²) in [4.78, 5) is 47.4. The van der Waals surface area contributed by atoms with Crippen molar-refractivity contribution in [2.75, 3.05) is 20.2 Å². The van der Waals surface area contributed by atoms with Crippen LogP contribution in [0.25, 0.3) is 11.3 Å².